The fraction of sp³-hybridized carbons (Fsp3) is 0.429. The summed E-state index contributed by atoms with van der Waals surface area (Å²) in [6.07, 6.45) is 2.64. The Morgan fingerprint density at radius 1 is 1.24 bits per heavy atom. The molecule has 2 N–H and O–H groups in total. The maximum Gasteiger partial charge on any atom is 0.220 e. The fourth-order valence-corrected chi connectivity index (χ4v) is 1.82. The molecule has 1 unspecified atom stereocenters. The second kappa shape index (κ2) is 6.84. The van der Waals surface area contributed by atoms with Gasteiger partial charge in [-0.1, -0.05) is 37.3 Å². The molecule has 1 aromatic rings. The summed E-state index contributed by atoms with van der Waals surface area (Å²) in [6, 6.07) is 9.22. The topological polar surface area (TPSA) is 60.2 Å². The summed E-state index contributed by atoms with van der Waals surface area (Å²) in [7, 11) is 0. The van der Waals surface area contributed by atoms with Gasteiger partial charge < -0.3 is 5.73 Å². The van der Waals surface area contributed by atoms with E-state index in [1.165, 1.54) is 0 Å². The van der Waals surface area contributed by atoms with E-state index in [1.54, 1.807) is 0 Å². The molecular weight excluding hydrogens is 214 g/mol. The van der Waals surface area contributed by atoms with Crippen molar-refractivity contribution in [2.45, 2.75) is 32.6 Å². The lowest BCUT2D eigenvalue weighted by Crippen LogP contribution is -2.22. The van der Waals surface area contributed by atoms with Crippen LogP contribution < -0.4 is 5.73 Å². The van der Waals surface area contributed by atoms with Crippen molar-refractivity contribution >= 4 is 11.7 Å². The van der Waals surface area contributed by atoms with E-state index in [0.29, 0.717) is 12.8 Å². The first-order chi connectivity index (χ1) is 8.15. The molecule has 0 saturated heterocycles. The molecule has 3 heteroatoms. The number of hydrogen-bond acceptors (Lipinski definition) is 2. The van der Waals surface area contributed by atoms with Gasteiger partial charge in [-0.25, -0.2) is 0 Å². The number of amides is 1. The summed E-state index contributed by atoms with van der Waals surface area (Å²) >= 11 is 0. The van der Waals surface area contributed by atoms with Crippen LogP contribution >= 0.6 is 0 Å². The van der Waals surface area contributed by atoms with Crippen molar-refractivity contribution in [3.05, 3.63) is 35.9 Å². The molecule has 3 nitrogen and oxygen atoms in total. The molecular formula is C14H19NO2. The van der Waals surface area contributed by atoms with Crippen LogP contribution in [0.15, 0.2) is 30.3 Å². The van der Waals surface area contributed by atoms with Gasteiger partial charge in [0.05, 0.1) is 0 Å². The van der Waals surface area contributed by atoms with Crippen molar-refractivity contribution < 1.29 is 9.59 Å². The Labute approximate surface area is 102 Å². The standard InChI is InChI=1S/C14H19NO2/c1-2-11(14(15)17)9-6-10-13(16)12-7-4-3-5-8-12/h3-5,7-8,11H,2,6,9-10H2,1H3,(H2,15,17). The Bertz CT molecular complexity index is 373. The molecule has 17 heavy (non-hydrogen) atoms. The predicted octanol–water partition coefficient (Wildman–Crippen LogP) is 2.55. The number of rotatable bonds is 7. The first-order valence-electron chi connectivity index (χ1n) is 6.02. The van der Waals surface area contributed by atoms with Crippen molar-refractivity contribution in [2.24, 2.45) is 11.7 Å². The summed E-state index contributed by atoms with van der Waals surface area (Å²) in [5.41, 5.74) is 5.99. The summed E-state index contributed by atoms with van der Waals surface area (Å²) in [5.74, 6) is -0.233. The smallest absolute Gasteiger partial charge is 0.220 e. The highest BCUT2D eigenvalue weighted by Gasteiger charge is 2.13. The summed E-state index contributed by atoms with van der Waals surface area (Å²) < 4.78 is 0. The van der Waals surface area contributed by atoms with E-state index in [9.17, 15) is 9.59 Å². The Morgan fingerprint density at radius 3 is 2.41 bits per heavy atom. The van der Waals surface area contributed by atoms with Gasteiger partial charge in [-0.05, 0) is 19.3 Å². The third-order valence-electron chi connectivity index (χ3n) is 2.95. The maximum absolute atomic E-state index is 11.8. The Balaban J connectivity index is 2.37. The van der Waals surface area contributed by atoms with Gasteiger partial charge in [0, 0.05) is 17.9 Å². The quantitative estimate of drug-likeness (QED) is 0.736. The lowest BCUT2D eigenvalue weighted by Gasteiger charge is -2.09. The molecule has 1 aromatic carbocycles. The number of carbonyl (C=O) groups excluding carboxylic acids is 2. The molecule has 0 fully saturated rings. The van der Waals surface area contributed by atoms with Gasteiger partial charge in [0.1, 0.15) is 0 Å². The van der Waals surface area contributed by atoms with Gasteiger partial charge >= 0.3 is 0 Å². The molecule has 0 aliphatic rings. The number of Topliss-reactive ketones (excluding diaryl/α,β-unsaturated/α-hetero) is 1. The van der Waals surface area contributed by atoms with Crippen LogP contribution in [0.1, 0.15) is 43.0 Å². The second-order valence-electron chi connectivity index (χ2n) is 4.19. The van der Waals surface area contributed by atoms with Gasteiger partial charge in [-0.2, -0.15) is 0 Å². The van der Waals surface area contributed by atoms with Crippen molar-refractivity contribution in [2.75, 3.05) is 0 Å². The van der Waals surface area contributed by atoms with Crippen molar-refractivity contribution in [1.82, 2.24) is 0 Å². The zero-order valence-electron chi connectivity index (χ0n) is 10.2. The summed E-state index contributed by atoms with van der Waals surface area (Å²) in [4.78, 5) is 22.8. The van der Waals surface area contributed by atoms with Crippen LogP contribution in [0.5, 0.6) is 0 Å². The molecule has 0 aromatic heterocycles. The van der Waals surface area contributed by atoms with Crippen LogP contribution in [-0.2, 0) is 4.79 Å². The average molecular weight is 233 g/mol. The minimum atomic E-state index is -0.264. The molecule has 0 aliphatic carbocycles. The number of benzene rings is 1. The van der Waals surface area contributed by atoms with Crippen molar-refractivity contribution in [3.8, 4) is 0 Å². The number of primary amides is 1. The van der Waals surface area contributed by atoms with Crippen molar-refractivity contribution in [1.29, 1.82) is 0 Å². The molecule has 0 radical (unpaired) electrons. The van der Waals surface area contributed by atoms with Crippen LogP contribution in [0.3, 0.4) is 0 Å². The van der Waals surface area contributed by atoms with Crippen LogP contribution in [0.25, 0.3) is 0 Å². The normalized spacial score (nSPS) is 12.1. The number of nitrogens with two attached hydrogens (primary N) is 1. The lowest BCUT2D eigenvalue weighted by atomic mass is 9.96. The molecule has 0 heterocycles. The first kappa shape index (κ1) is 13.4. The zero-order chi connectivity index (χ0) is 12.7. The lowest BCUT2D eigenvalue weighted by molar-refractivity contribution is -0.122. The van der Waals surface area contributed by atoms with Crippen LogP contribution in [0, 0.1) is 5.92 Å². The van der Waals surface area contributed by atoms with Crippen LogP contribution in [0.2, 0.25) is 0 Å². The predicted molar refractivity (Wildman–Crippen MR) is 67.6 cm³/mol. The minimum Gasteiger partial charge on any atom is -0.369 e. The molecule has 1 atom stereocenters. The van der Waals surface area contributed by atoms with Gasteiger partial charge in [0.2, 0.25) is 5.91 Å². The van der Waals surface area contributed by atoms with E-state index in [2.05, 4.69) is 0 Å². The number of ketones is 1. The minimum absolute atomic E-state index is 0.0985. The molecule has 92 valence electrons. The van der Waals surface area contributed by atoms with Gasteiger partial charge in [0.25, 0.3) is 0 Å². The Hall–Kier alpha value is -1.64. The van der Waals surface area contributed by atoms with E-state index >= 15 is 0 Å². The molecule has 0 saturated carbocycles. The van der Waals surface area contributed by atoms with Gasteiger partial charge in [-0.15, -0.1) is 0 Å². The first-order valence-corrected chi connectivity index (χ1v) is 6.02. The summed E-state index contributed by atoms with van der Waals surface area (Å²) in [5, 5.41) is 0. The second-order valence-corrected chi connectivity index (χ2v) is 4.19. The van der Waals surface area contributed by atoms with Gasteiger partial charge in [0.15, 0.2) is 5.78 Å². The maximum atomic E-state index is 11.8. The Kier molecular flexibility index (Phi) is 5.40. The van der Waals surface area contributed by atoms with Crippen molar-refractivity contribution in [3.63, 3.8) is 0 Å². The highest BCUT2D eigenvalue weighted by atomic mass is 16.1. The molecule has 1 rings (SSSR count). The number of carbonyl (C=O) groups is 2. The van der Waals surface area contributed by atoms with Gasteiger partial charge in [-0.3, -0.25) is 9.59 Å². The highest BCUT2D eigenvalue weighted by molar-refractivity contribution is 5.95. The number of hydrogen-bond donors (Lipinski definition) is 1. The van der Waals surface area contributed by atoms with Crippen LogP contribution in [0.4, 0.5) is 0 Å². The van der Waals surface area contributed by atoms with Crippen LogP contribution in [-0.4, -0.2) is 11.7 Å². The summed E-state index contributed by atoms with van der Waals surface area (Å²) in [6.45, 7) is 1.94. The monoisotopic (exact) mass is 233 g/mol. The zero-order valence-corrected chi connectivity index (χ0v) is 10.2. The van der Waals surface area contributed by atoms with E-state index < -0.39 is 0 Å². The highest BCUT2D eigenvalue weighted by Crippen LogP contribution is 2.14. The van der Waals surface area contributed by atoms with E-state index in [0.717, 1.165) is 18.4 Å². The fourth-order valence-electron chi connectivity index (χ4n) is 1.82. The third-order valence-corrected chi connectivity index (χ3v) is 2.95. The third kappa shape index (κ3) is 4.39. The largest absolute Gasteiger partial charge is 0.369 e. The molecule has 0 aliphatic heterocycles. The Morgan fingerprint density at radius 2 is 1.88 bits per heavy atom. The average Bonchev–Trinajstić information content (AvgIpc) is 2.35. The van der Waals surface area contributed by atoms with E-state index in [1.807, 2.05) is 37.3 Å². The van der Waals surface area contributed by atoms with E-state index in [4.69, 9.17) is 5.73 Å². The molecule has 0 bridgehead atoms. The van der Waals surface area contributed by atoms with E-state index in [-0.39, 0.29) is 17.6 Å². The molecule has 1 amide bonds. The molecule has 0 spiro atoms. The SMILES string of the molecule is CCC(CCCC(=O)c1ccccc1)C(N)=O.